The van der Waals surface area contributed by atoms with E-state index in [0.717, 1.165) is 17.8 Å². The highest BCUT2D eigenvalue weighted by Crippen LogP contribution is 2.42. The predicted molar refractivity (Wildman–Crippen MR) is 148 cm³/mol. The third kappa shape index (κ3) is 7.12. The lowest BCUT2D eigenvalue weighted by Gasteiger charge is -2.18. The topological polar surface area (TPSA) is 95.5 Å². The summed E-state index contributed by atoms with van der Waals surface area (Å²) in [6.45, 7) is 1.70. The number of benzene rings is 3. The first kappa shape index (κ1) is 30.9. The van der Waals surface area contributed by atoms with Gasteiger partial charge in [-0.1, -0.05) is 71.5 Å². The van der Waals surface area contributed by atoms with Gasteiger partial charge in [-0.05, 0) is 36.8 Å². The predicted octanol–water partition coefficient (Wildman–Crippen LogP) is 8.78. The van der Waals surface area contributed by atoms with E-state index in [-0.39, 0.29) is 27.8 Å². The first-order valence-electron chi connectivity index (χ1n) is 10.9. The van der Waals surface area contributed by atoms with Crippen molar-refractivity contribution in [3.63, 3.8) is 0 Å². The molecule has 1 atom stereocenters. The molecule has 0 fully saturated rings. The molecule has 6 nitrogen and oxygen atoms in total. The van der Waals surface area contributed by atoms with E-state index in [1.165, 1.54) is 30.3 Å². The van der Waals surface area contributed by atoms with Crippen LogP contribution in [0.1, 0.15) is 39.6 Å². The van der Waals surface area contributed by atoms with Gasteiger partial charge in [-0.25, -0.2) is 4.79 Å². The Hall–Kier alpha value is -2.63. The van der Waals surface area contributed by atoms with Gasteiger partial charge in [-0.3, -0.25) is 9.59 Å². The van der Waals surface area contributed by atoms with Crippen LogP contribution in [0.25, 0.3) is 0 Å². The molecule has 3 N–H and O–H groups in total. The minimum atomic E-state index is -4.65. The number of amides is 2. The van der Waals surface area contributed by atoms with Crippen LogP contribution >= 0.6 is 58.2 Å². The van der Waals surface area contributed by atoms with Crippen LogP contribution in [0.4, 0.5) is 24.5 Å². The molecule has 0 aliphatic heterocycles. The Morgan fingerprint density at radius 1 is 0.897 bits per heavy atom. The van der Waals surface area contributed by atoms with Gasteiger partial charge in [0.05, 0.1) is 47.7 Å². The van der Waals surface area contributed by atoms with E-state index in [9.17, 15) is 32.7 Å². The van der Waals surface area contributed by atoms with Crippen molar-refractivity contribution in [3.05, 3.63) is 85.3 Å². The van der Waals surface area contributed by atoms with E-state index in [1.54, 1.807) is 19.1 Å². The van der Waals surface area contributed by atoms with Gasteiger partial charge in [0.2, 0.25) is 5.91 Å². The van der Waals surface area contributed by atoms with Gasteiger partial charge < -0.3 is 15.7 Å². The Bertz CT molecular complexity index is 1450. The highest BCUT2D eigenvalue weighted by molar-refractivity contribution is 8.00. The molecule has 0 saturated heterocycles. The first-order chi connectivity index (χ1) is 18.3. The number of anilines is 2. The van der Waals surface area contributed by atoms with Gasteiger partial charge in [0, 0.05) is 10.6 Å². The molecule has 0 aliphatic carbocycles. The fraction of sp³-hybridized carbons (Fsp3) is 0.160. The summed E-state index contributed by atoms with van der Waals surface area (Å²) in [7, 11) is 0. The van der Waals surface area contributed by atoms with Gasteiger partial charge in [0.1, 0.15) is 0 Å². The van der Waals surface area contributed by atoms with E-state index in [2.05, 4.69) is 10.6 Å². The van der Waals surface area contributed by atoms with Crippen LogP contribution in [0.15, 0.2) is 53.4 Å². The molecule has 1 unspecified atom stereocenters. The number of thioether (sulfide) groups is 1. The Morgan fingerprint density at radius 2 is 1.51 bits per heavy atom. The second kappa shape index (κ2) is 12.7. The zero-order valence-electron chi connectivity index (χ0n) is 19.6. The molecule has 0 bridgehead atoms. The Balaban J connectivity index is 1.83. The molecular formula is C25H17Cl4F3N2O4S. The van der Waals surface area contributed by atoms with E-state index >= 15 is 0 Å². The number of nitrogens with one attached hydrogen (secondary N) is 2. The quantitative estimate of drug-likeness (QED) is 0.130. The van der Waals surface area contributed by atoms with E-state index in [4.69, 9.17) is 46.4 Å². The SMILES string of the molecule is CCC(Sc1cccc(NC(=O)c2c(Cl)c(Cl)c(Cl)c(Cl)c2C(=O)O)c1)C(=O)Nc1ccccc1C(F)(F)F. The molecular weight excluding hydrogens is 623 g/mol. The smallest absolute Gasteiger partial charge is 0.418 e. The average molecular weight is 640 g/mol. The van der Waals surface area contributed by atoms with Crippen LogP contribution in [0, 0.1) is 0 Å². The maximum atomic E-state index is 13.3. The number of halogens is 7. The van der Waals surface area contributed by atoms with Gasteiger partial charge in [-0.15, -0.1) is 11.8 Å². The number of alkyl halides is 3. The van der Waals surface area contributed by atoms with Crippen LogP contribution in [-0.4, -0.2) is 28.1 Å². The van der Waals surface area contributed by atoms with E-state index in [0.29, 0.717) is 4.90 Å². The maximum Gasteiger partial charge on any atom is 0.418 e. The average Bonchev–Trinajstić information content (AvgIpc) is 2.87. The molecule has 2 amide bonds. The van der Waals surface area contributed by atoms with Crippen molar-refractivity contribution in [2.75, 3.05) is 10.6 Å². The zero-order valence-corrected chi connectivity index (χ0v) is 23.5. The minimum Gasteiger partial charge on any atom is -0.478 e. The van der Waals surface area contributed by atoms with Crippen LogP contribution in [0.2, 0.25) is 20.1 Å². The normalized spacial score (nSPS) is 12.1. The van der Waals surface area contributed by atoms with Crippen molar-refractivity contribution in [1.82, 2.24) is 0 Å². The summed E-state index contributed by atoms with van der Waals surface area (Å²) in [5, 5.41) is 12.1. The molecule has 0 aromatic heterocycles. The third-order valence-corrected chi connectivity index (χ3v) is 8.39. The van der Waals surface area contributed by atoms with Crippen LogP contribution in [-0.2, 0) is 11.0 Å². The van der Waals surface area contributed by atoms with Gasteiger partial charge >= 0.3 is 12.1 Å². The molecule has 0 heterocycles. The van der Waals surface area contributed by atoms with Gasteiger partial charge in [-0.2, -0.15) is 13.2 Å². The highest BCUT2D eigenvalue weighted by atomic mass is 35.5. The van der Waals surface area contributed by atoms with Crippen molar-refractivity contribution < 1.29 is 32.7 Å². The molecule has 3 aromatic carbocycles. The number of carbonyl (C=O) groups is 3. The molecule has 0 saturated carbocycles. The summed E-state index contributed by atoms with van der Waals surface area (Å²) in [4.78, 5) is 38.1. The van der Waals surface area contributed by atoms with Crippen molar-refractivity contribution in [3.8, 4) is 0 Å². The van der Waals surface area contributed by atoms with Crippen LogP contribution in [0.5, 0.6) is 0 Å². The lowest BCUT2D eigenvalue weighted by Crippen LogP contribution is -2.26. The standard InChI is InChI=1S/C25H17Cl4F3N2O4S/c1-2-15(22(35)34-14-9-4-3-8-13(14)25(30,31)32)39-12-7-5-6-11(10-12)33-23(36)16-17(24(37)38)19(27)21(29)20(28)18(16)26/h3-10,15H,2H2,1H3,(H,33,36)(H,34,35)(H,37,38). The molecule has 0 spiro atoms. The third-order valence-electron chi connectivity index (χ3n) is 5.23. The largest absolute Gasteiger partial charge is 0.478 e. The molecule has 0 aliphatic rings. The van der Waals surface area contributed by atoms with Crippen LogP contribution in [0.3, 0.4) is 0 Å². The molecule has 3 aromatic rings. The Kier molecular flexibility index (Phi) is 10.1. The fourth-order valence-electron chi connectivity index (χ4n) is 3.43. The van der Waals surface area contributed by atoms with E-state index in [1.807, 2.05) is 0 Å². The first-order valence-corrected chi connectivity index (χ1v) is 13.3. The number of rotatable bonds is 8. The van der Waals surface area contributed by atoms with Gasteiger partial charge in [0.15, 0.2) is 0 Å². The minimum absolute atomic E-state index is 0.206. The van der Waals surface area contributed by atoms with Crippen molar-refractivity contribution in [2.24, 2.45) is 0 Å². The second-order valence-corrected chi connectivity index (χ2v) is 10.6. The molecule has 3 rings (SSSR count). The number of aromatic carboxylic acids is 1. The summed E-state index contributed by atoms with van der Waals surface area (Å²) in [6.07, 6.45) is -4.37. The Morgan fingerprint density at radius 3 is 2.10 bits per heavy atom. The lowest BCUT2D eigenvalue weighted by molar-refractivity contribution is -0.137. The molecule has 39 heavy (non-hydrogen) atoms. The molecule has 206 valence electrons. The lowest BCUT2D eigenvalue weighted by atomic mass is 10.1. The summed E-state index contributed by atoms with van der Waals surface area (Å²) >= 11 is 25.1. The molecule has 0 radical (unpaired) electrons. The Labute approximate surface area is 244 Å². The maximum absolute atomic E-state index is 13.3. The summed E-state index contributed by atoms with van der Waals surface area (Å²) in [5.41, 5.74) is -2.26. The second-order valence-electron chi connectivity index (χ2n) is 7.84. The van der Waals surface area contributed by atoms with E-state index < -0.39 is 55.9 Å². The zero-order chi connectivity index (χ0) is 29.1. The summed E-state index contributed by atoms with van der Waals surface area (Å²) in [5.74, 6) is -3.13. The number of carboxylic acids is 1. The molecule has 14 heteroatoms. The number of carboxylic acid groups (broad SMARTS) is 1. The van der Waals surface area contributed by atoms with Crippen LogP contribution < -0.4 is 10.6 Å². The number of hydrogen-bond acceptors (Lipinski definition) is 4. The number of hydrogen-bond donors (Lipinski definition) is 3. The number of para-hydroxylation sites is 1. The van der Waals surface area contributed by atoms with Crippen molar-refractivity contribution in [2.45, 2.75) is 29.7 Å². The summed E-state index contributed by atoms with van der Waals surface area (Å²) in [6, 6.07) is 10.8. The number of carbonyl (C=O) groups excluding carboxylic acids is 2. The fourth-order valence-corrected chi connectivity index (χ4v) is 5.46. The van der Waals surface area contributed by atoms with Crippen molar-refractivity contribution >= 4 is 87.3 Å². The van der Waals surface area contributed by atoms with Crippen molar-refractivity contribution in [1.29, 1.82) is 0 Å². The summed E-state index contributed by atoms with van der Waals surface area (Å²) < 4.78 is 39.9. The monoisotopic (exact) mass is 638 g/mol. The van der Waals surface area contributed by atoms with Gasteiger partial charge in [0.25, 0.3) is 5.91 Å². The highest BCUT2D eigenvalue weighted by Gasteiger charge is 2.34.